The Balaban J connectivity index is 1.63. The van der Waals surface area contributed by atoms with E-state index in [9.17, 15) is 5.11 Å². The van der Waals surface area contributed by atoms with Gasteiger partial charge in [0.25, 0.3) is 0 Å². The van der Waals surface area contributed by atoms with Crippen molar-refractivity contribution in [2.45, 2.75) is 26.0 Å². The molecule has 0 saturated heterocycles. The van der Waals surface area contributed by atoms with Crippen LogP contribution in [-0.2, 0) is 12.1 Å². The molecule has 0 radical (unpaired) electrons. The molecule has 0 spiro atoms. The van der Waals surface area contributed by atoms with Gasteiger partial charge in [0.15, 0.2) is 5.96 Å². The molecule has 2 heterocycles. The predicted molar refractivity (Wildman–Crippen MR) is 117 cm³/mol. The van der Waals surface area contributed by atoms with Gasteiger partial charge in [-0.15, -0.1) is 11.3 Å². The molecule has 7 nitrogen and oxygen atoms in total. The minimum absolute atomic E-state index is 0.361. The summed E-state index contributed by atoms with van der Waals surface area (Å²) < 4.78 is 7.00. The number of thiophene rings is 1. The number of aromatic nitrogens is 2. The van der Waals surface area contributed by atoms with Crippen LogP contribution in [0.3, 0.4) is 0 Å². The van der Waals surface area contributed by atoms with Crippen LogP contribution in [-0.4, -0.2) is 41.0 Å². The summed E-state index contributed by atoms with van der Waals surface area (Å²) in [6, 6.07) is 13.5. The molecular weight excluding hydrogens is 386 g/mol. The Morgan fingerprint density at radius 2 is 2.03 bits per heavy atom. The fourth-order valence-corrected chi connectivity index (χ4v) is 3.54. The minimum atomic E-state index is -0.958. The lowest BCUT2D eigenvalue weighted by Crippen LogP contribution is -2.44. The van der Waals surface area contributed by atoms with E-state index in [-0.39, 0.29) is 0 Å². The van der Waals surface area contributed by atoms with Gasteiger partial charge >= 0.3 is 0 Å². The molecule has 1 atom stereocenters. The van der Waals surface area contributed by atoms with E-state index in [2.05, 4.69) is 20.7 Å². The van der Waals surface area contributed by atoms with Gasteiger partial charge in [0, 0.05) is 17.6 Å². The molecule has 3 N–H and O–H groups in total. The Morgan fingerprint density at radius 1 is 1.24 bits per heavy atom. The third kappa shape index (κ3) is 5.58. The van der Waals surface area contributed by atoms with E-state index in [1.807, 2.05) is 65.6 Å². The first-order chi connectivity index (χ1) is 14.0. The fourth-order valence-electron chi connectivity index (χ4n) is 2.75. The quantitative estimate of drug-likeness (QED) is 0.391. The normalized spacial score (nSPS) is 13.7. The smallest absolute Gasteiger partial charge is 0.191 e. The second-order valence-electron chi connectivity index (χ2n) is 6.75. The monoisotopic (exact) mass is 413 g/mol. The van der Waals surface area contributed by atoms with Gasteiger partial charge in [0.1, 0.15) is 11.4 Å². The van der Waals surface area contributed by atoms with Crippen LogP contribution in [0.2, 0.25) is 0 Å². The lowest BCUT2D eigenvalue weighted by molar-refractivity contribution is 0.0655. The first-order valence-corrected chi connectivity index (χ1v) is 10.4. The summed E-state index contributed by atoms with van der Waals surface area (Å²) in [5, 5.41) is 23.7. The Labute approximate surface area is 175 Å². The molecule has 1 aromatic carbocycles. The highest BCUT2D eigenvalue weighted by molar-refractivity contribution is 7.10. The van der Waals surface area contributed by atoms with E-state index < -0.39 is 5.60 Å². The second-order valence-corrected chi connectivity index (χ2v) is 7.70. The largest absolute Gasteiger partial charge is 0.497 e. The Kier molecular flexibility index (Phi) is 6.90. The minimum Gasteiger partial charge on any atom is -0.497 e. The average Bonchev–Trinajstić information content (AvgIpc) is 3.43. The van der Waals surface area contributed by atoms with Crippen LogP contribution in [0, 0.1) is 0 Å². The van der Waals surface area contributed by atoms with Crippen molar-refractivity contribution in [1.82, 2.24) is 20.4 Å². The standard InChI is InChI=1S/C21H27N5O2S/c1-4-22-20(24-15-21(2,27)19-6-5-13-29-19)23-14-16-11-12-26(25-16)17-7-9-18(28-3)10-8-17/h5-13,27H,4,14-15H2,1-3H3,(H2,22,23,24). The molecule has 3 aromatic rings. The molecular formula is C21H27N5O2S. The number of ether oxygens (including phenoxy) is 1. The average molecular weight is 414 g/mol. The Bertz CT molecular complexity index is 917. The lowest BCUT2D eigenvalue weighted by Gasteiger charge is -2.23. The first-order valence-electron chi connectivity index (χ1n) is 9.49. The Hall–Kier alpha value is -2.84. The molecule has 0 aliphatic carbocycles. The number of rotatable bonds is 8. The van der Waals surface area contributed by atoms with E-state index in [4.69, 9.17) is 4.74 Å². The summed E-state index contributed by atoms with van der Waals surface area (Å²) in [6.07, 6.45) is 1.91. The number of methoxy groups -OCH3 is 1. The number of guanidine groups is 1. The topological polar surface area (TPSA) is 83.7 Å². The van der Waals surface area contributed by atoms with Crippen molar-refractivity contribution >= 4 is 17.3 Å². The molecule has 8 heteroatoms. The maximum absolute atomic E-state index is 10.7. The molecule has 1 unspecified atom stereocenters. The lowest BCUT2D eigenvalue weighted by atomic mass is 10.1. The highest BCUT2D eigenvalue weighted by Crippen LogP contribution is 2.24. The molecule has 0 saturated carbocycles. The van der Waals surface area contributed by atoms with Crippen molar-refractivity contribution in [2.24, 2.45) is 4.99 Å². The second kappa shape index (κ2) is 9.58. The van der Waals surface area contributed by atoms with Crippen molar-refractivity contribution in [2.75, 3.05) is 20.2 Å². The molecule has 0 aliphatic heterocycles. The van der Waals surface area contributed by atoms with E-state index in [0.717, 1.165) is 28.6 Å². The summed E-state index contributed by atoms with van der Waals surface area (Å²) in [4.78, 5) is 5.51. The van der Waals surface area contributed by atoms with Crippen molar-refractivity contribution in [1.29, 1.82) is 0 Å². The number of nitrogens with one attached hydrogen (secondary N) is 2. The molecule has 0 aliphatic rings. The highest BCUT2D eigenvalue weighted by atomic mass is 32.1. The van der Waals surface area contributed by atoms with Crippen molar-refractivity contribution < 1.29 is 9.84 Å². The maximum atomic E-state index is 10.7. The molecule has 0 amide bonds. The molecule has 29 heavy (non-hydrogen) atoms. The summed E-state index contributed by atoms with van der Waals surface area (Å²) >= 11 is 1.54. The van der Waals surface area contributed by atoms with Gasteiger partial charge in [0.05, 0.1) is 31.6 Å². The van der Waals surface area contributed by atoms with Gasteiger partial charge in [-0.1, -0.05) is 6.07 Å². The maximum Gasteiger partial charge on any atom is 0.191 e. The van der Waals surface area contributed by atoms with Crippen molar-refractivity contribution in [3.63, 3.8) is 0 Å². The van der Waals surface area contributed by atoms with Gasteiger partial charge in [-0.05, 0) is 55.6 Å². The zero-order valence-corrected chi connectivity index (χ0v) is 17.7. The van der Waals surface area contributed by atoms with Crippen LogP contribution in [0.25, 0.3) is 5.69 Å². The van der Waals surface area contributed by atoms with Crippen LogP contribution in [0.4, 0.5) is 0 Å². The zero-order valence-electron chi connectivity index (χ0n) is 16.9. The predicted octanol–water partition coefficient (Wildman–Crippen LogP) is 2.91. The van der Waals surface area contributed by atoms with Crippen LogP contribution >= 0.6 is 11.3 Å². The fraction of sp³-hybridized carbons (Fsp3) is 0.333. The van der Waals surface area contributed by atoms with E-state index in [1.54, 1.807) is 14.0 Å². The van der Waals surface area contributed by atoms with Gasteiger partial charge in [-0.3, -0.25) is 0 Å². The summed E-state index contributed by atoms with van der Waals surface area (Å²) in [7, 11) is 1.65. The number of hydrogen-bond acceptors (Lipinski definition) is 5. The molecule has 154 valence electrons. The van der Waals surface area contributed by atoms with E-state index in [1.165, 1.54) is 11.3 Å². The number of hydrogen-bond donors (Lipinski definition) is 3. The molecule has 3 rings (SSSR count). The van der Waals surface area contributed by atoms with Crippen molar-refractivity contribution in [3.8, 4) is 11.4 Å². The van der Waals surface area contributed by atoms with Crippen LogP contribution < -0.4 is 15.4 Å². The number of nitrogens with zero attached hydrogens (tertiary/aromatic N) is 3. The molecule has 0 fully saturated rings. The molecule has 0 bridgehead atoms. The van der Waals surface area contributed by atoms with Gasteiger partial charge in [0.2, 0.25) is 0 Å². The zero-order chi connectivity index (χ0) is 20.7. The van der Waals surface area contributed by atoms with E-state index in [0.29, 0.717) is 19.0 Å². The SMILES string of the molecule is CCNC(=NCc1ccn(-c2ccc(OC)cc2)n1)NCC(C)(O)c1cccs1. The van der Waals surface area contributed by atoms with Crippen LogP contribution in [0.5, 0.6) is 5.75 Å². The summed E-state index contributed by atoms with van der Waals surface area (Å²) in [5.74, 6) is 1.45. The number of aliphatic hydroxyl groups is 1. The van der Waals surface area contributed by atoms with Crippen LogP contribution in [0.15, 0.2) is 59.0 Å². The van der Waals surface area contributed by atoms with Crippen molar-refractivity contribution in [3.05, 3.63) is 64.6 Å². The van der Waals surface area contributed by atoms with E-state index >= 15 is 0 Å². The third-order valence-electron chi connectivity index (χ3n) is 4.38. The first kappa shape index (κ1) is 20.9. The molecule has 2 aromatic heterocycles. The number of benzene rings is 1. The van der Waals surface area contributed by atoms with Gasteiger partial charge in [-0.2, -0.15) is 5.10 Å². The van der Waals surface area contributed by atoms with Crippen LogP contribution in [0.1, 0.15) is 24.4 Å². The highest BCUT2D eigenvalue weighted by Gasteiger charge is 2.24. The van der Waals surface area contributed by atoms with Gasteiger partial charge in [-0.25, -0.2) is 9.67 Å². The number of aliphatic imine (C=N–C) groups is 1. The summed E-state index contributed by atoms with van der Waals surface area (Å²) in [6.45, 7) is 5.32. The Morgan fingerprint density at radius 3 is 2.69 bits per heavy atom. The van der Waals surface area contributed by atoms with Gasteiger partial charge < -0.3 is 20.5 Å². The summed E-state index contributed by atoms with van der Waals surface area (Å²) in [5.41, 5.74) is 0.849. The third-order valence-corrected chi connectivity index (χ3v) is 5.50.